The van der Waals surface area contributed by atoms with E-state index in [9.17, 15) is 22.8 Å². The summed E-state index contributed by atoms with van der Waals surface area (Å²) in [4.78, 5) is 27.7. The molecular weight excluding hydrogens is 325 g/mol. The third kappa shape index (κ3) is 2.64. The molecule has 0 bridgehead atoms. The van der Waals surface area contributed by atoms with Crippen LogP contribution in [0.2, 0.25) is 0 Å². The number of likely N-dealkylation sites (tertiary alicyclic amines) is 2. The maximum absolute atomic E-state index is 12.6. The zero-order valence-electron chi connectivity index (χ0n) is 13.2. The number of alkyl halides is 3. The zero-order valence-corrected chi connectivity index (χ0v) is 13.2. The Morgan fingerprint density at radius 1 is 1.21 bits per heavy atom. The monoisotopic (exact) mass is 342 g/mol. The summed E-state index contributed by atoms with van der Waals surface area (Å²) < 4.78 is 43.0. The summed E-state index contributed by atoms with van der Waals surface area (Å²) in [7, 11) is 3.13. The first-order chi connectivity index (χ1) is 11.2. The van der Waals surface area contributed by atoms with Crippen LogP contribution in [0.3, 0.4) is 0 Å². The van der Waals surface area contributed by atoms with E-state index in [1.54, 1.807) is 16.8 Å². The number of hydrogen-bond donors (Lipinski definition) is 0. The van der Waals surface area contributed by atoms with E-state index in [2.05, 4.69) is 0 Å². The topological polar surface area (TPSA) is 49.9 Å². The Labute approximate surface area is 137 Å². The van der Waals surface area contributed by atoms with Crippen LogP contribution in [-0.2, 0) is 15.7 Å². The minimum Gasteiger partial charge on any atom is -0.371 e. The normalized spacial score (nSPS) is 26.9. The van der Waals surface area contributed by atoms with E-state index in [0.29, 0.717) is 13.1 Å². The molecule has 0 aromatic heterocycles. The van der Waals surface area contributed by atoms with Gasteiger partial charge in [-0.2, -0.15) is 13.2 Å². The van der Waals surface area contributed by atoms with Gasteiger partial charge < -0.3 is 14.5 Å². The van der Waals surface area contributed by atoms with E-state index >= 15 is 0 Å². The van der Waals surface area contributed by atoms with Crippen molar-refractivity contribution in [2.45, 2.75) is 18.3 Å². The number of carbonyl (C=O) groups excluding carboxylic acids is 2. The van der Waals surface area contributed by atoms with Crippen LogP contribution in [0.25, 0.3) is 0 Å². The lowest BCUT2D eigenvalue weighted by Crippen LogP contribution is -2.38. The molecule has 0 spiro atoms. The van der Waals surface area contributed by atoms with Crippen LogP contribution in [0.1, 0.15) is 15.9 Å². The molecule has 1 aromatic rings. The molecule has 5 nitrogen and oxygen atoms in total. The summed E-state index contributed by atoms with van der Waals surface area (Å²) >= 11 is 0. The van der Waals surface area contributed by atoms with Crippen LogP contribution in [0.5, 0.6) is 0 Å². The van der Waals surface area contributed by atoms with E-state index in [0.717, 1.165) is 12.1 Å². The van der Waals surface area contributed by atoms with Crippen LogP contribution in [0, 0.1) is 5.92 Å². The number of likely N-dealkylation sites (N-methyl/N-ethyl adjacent to an activating group) is 1. The van der Waals surface area contributed by atoms with E-state index in [-0.39, 0.29) is 29.3 Å². The summed E-state index contributed by atoms with van der Waals surface area (Å²) in [6.07, 6.45) is -5.01. The van der Waals surface area contributed by atoms with Gasteiger partial charge in [0.15, 0.2) is 0 Å². The fraction of sp³-hybridized carbons (Fsp3) is 0.500. The second kappa shape index (κ2) is 5.77. The third-order valence-electron chi connectivity index (χ3n) is 4.81. The van der Waals surface area contributed by atoms with E-state index in [4.69, 9.17) is 4.74 Å². The lowest BCUT2D eigenvalue weighted by Gasteiger charge is -2.22. The van der Waals surface area contributed by atoms with E-state index < -0.39 is 17.8 Å². The first-order valence-electron chi connectivity index (χ1n) is 7.50. The first kappa shape index (κ1) is 16.8. The molecule has 0 unspecified atom stereocenters. The van der Waals surface area contributed by atoms with Crippen molar-refractivity contribution in [3.8, 4) is 0 Å². The molecule has 8 heteroatoms. The molecule has 3 rings (SSSR count). The van der Waals surface area contributed by atoms with Crippen LogP contribution in [-0.4, -0.2) is 61.0 Å². The molecule has 0 N–H and O–H groups in total. The molecule has 2 fully saturated rings. The molecule has 24 heavy (non-hydrogen) atoms. The zero-order chi connectivity index (χ0) is 17.6. The number of rotatable bonds is 2. The van der Waals surface area contributed by atoms with Crippen molar-refractivity contribution in [2.75, 3.05) is 27.2 Å². The molecule has 2 saturated heterocycles. The standard InChI is InChI=1S/C16H17F3N2O3/c1-20-12-8-21(7-11(12)13(24-2)15(20)23)14(22)9-3-5-10(6-4-9)16(17,18)19/h3-6,11-13H,7-8H2,1-2H3/t11-,12+,13-/m0/s1. The van der Waals surface area contributed by atoms with Gasteiger partial charge in [0.2, 0.25) is 0 Å². The SMILES string of the molecule is CO[C@@H]1C(=O)N(C)[C@@H]2CN(C(=O)c3ccc(C(F)(F)F)cc3)C[C@H]12. The molecule has 1 aromatic carbocycles. The summed E-state index contributed by atoms with van der Waals surface area (Å²) in [5.74, 6) is -0.561. The van der Waals surface area contributed by atoms with Gasteiger partial charge in [-0.1, -0.05) is 0 Å². The number of nitrogens with zero attached hydrogens (tertiary/aromatic N) is 2. The van der Waals surface area contributed by atoms with Crippen molar-refractivity contribution in [3.63, 3.8) is 0 Å². The first-order valence-corrected chi connectivity index (χ1v) is 7.50. The minimum atomic E-state index is -4.43. The molecule has 0 saturated carbocycles. The molecular formula is C16H17F3N2O3. The quantitative estimate of drug-likeness (QED) is 0.821. The third-order valence-corrected chi connectivity index (χ3v) is 4.81. The van der Waals surface area contributed by atoms with Gasteiger partial charge >= 0.3 is 6.18 Å². The highest BCUT2D eigenvalue weighted by Crippen LogP contribution is 2.34. The van der Waals surface area contributed by atoms with Gasteiger partial charge in [0.25, 0.3) is 11.8 Å². The Morgan fingerprint density at radius 3 is 2.38 bits per heavy atom. The van der Waals surface area contributed by atoms with Crippen molar-refractivity contribution in [1.29, 1.82) is 0 Å². The number of amides is 2. The van der Waals surface area contributed by atoms with Crippen molar-refractivity contribution >= 4 is 11.8 Å². The average Bonchev–Trinajstić information content (AvgIpc) is 3.06. The highest BCUT2D eigenvalue weighted by Gasteiger charge is 2.52. The van der Waals surface area contributed by atoms with Crippen LogP contribution in [0.15, 0.2) is 24.3 Å². The van der Waals surface area contributed by atoms with Gasteiger partial charge in [-0.3, -0.25) is 9.59 Å². The molecule has 2 aliphatic heterocycles. The molecule has 0 aliphatic carbocycles. The highest BCUT2D eigenvalue weighted by molar-refractivity contribution is 5.95. The summed E-state index contributed by atoms with van der Waals surface area (Å²) in [6, 6.07) is 4.04. The summed E-state index contributed by atoms with van der Waals surface area (Å²) in [5.41, 5.74) is -0.590. The van der Waals surface area contributed by atoms with Gasteiger partial charge in [0.05, 0.1) is 11.6 Å². The van der Waals surface area contributed by atoms with E-state index in [1.165, 1.54) is 19.2 Å². The predicted octanol–water partition coefficient (Wildman–Crippen LogP) is 1.63. The molecule has 2 heterocycles. The molecule has 2 aliphatic rings. The van der Waals surface area contributed by atoms with Gasteiger partial charge in [-0.15, -0.1) is 0 Å². The minimum absolute atomic E-state index is 0.103. The largest absolute Gasteiger partial charge is 0.416 e. The molecule has 3 atom stereocenters. The number of methoxy groups -OCH3 is 1. The van der Waals surface area contributed by atoms with Crippen molar-refractivity contribution < 1.29 is 27.5 Å². The molecule has 2 amide bonds. The Hall–Kier alpha value is -2.09. The molecule has 0 radical (unpaired) electrons. The second-order valence-corrected chi connectivity index (χ2v) is 6.12. The Balaban J connectivity index is 1.75. The summed E-state index contributed by atoms with van der Waals surface area (Å²) in [6.45, 7) is 0.700. The number of halogens is 3. The van der Waals surface area contributed by atoms with Gasteiger partial charge in [0.1, 0.15) is 6.10 Å². The fourth-order valence-corrected chi connectivity index (χ4v) is 3.49. The van der Waals surface area contributed by atoms with Gasteiger partial charge in [0, 0.05) is 38.7 Å². The lowest BCUT2D eigenvalue weighted by molar-refractivity contribution is -0.137. The predicted molar refractivity (Wildman–Crippen MR) is 78.2 cm³/mol. The maximum atomic E-state index is 12.6. The smallest absolute Gasteiger partial charge is 0.371 e. The van der Waals surface area contributed by atoms with Crippen LogP contribution >= 0.6 is 0 Å². The number of carbonyl (C=O) groups is 2. The number of hydrogen-bond acceptors (Lipinski definition) is 3. The Bertz CT molecular complexity index is 660. The average molecular weight is 342 g/mol. The number of benzene rings is 1. The second-order valence-electron chi connectivity index (χ2n) is 6.12. The highest BCUT2D eigenvalue weighted by atomic mass is 19.4. The van der Waals surface area contributed by atoms with Crippen molar-refractivity contribution in [1.82, 2.24) is 9.80 Å². The van der Waals surface area contributed by atoms with Gasteiger partial charge in [-0.05, 0) is 24.3 Å². The maximum Gasteiger partial charge on any atom is 0.416 e. The summed E-state index contributed by atoms with van der Waals surface area (Å²) in [5, 5.41) is 0. The number of fused-ring (bicyclic) bond motifs is 1. The van der Waals surface area contributed by atoms with Gasteiger partial charge in [-0.25, -0.2) is 0 Å². The van der Waals surface area contributed by atoms with Crippen LogP contribution in [0.4, 0.5) is 13.2 Å². The Morgan fingerprint density at radius 2 is 1.83 bits per heavy atom. The van der Waals surface area contributed by atoms with Crippen LogP contribution < -0.4 is 0 Å². The van der Waals surface area contributed by atoms with E-state index in [1.807, 2.05) is 0 Å². The Kier molecular flexibility index (Phi) is 4.03. The van der Waals surface area contributed by atoms with Crippen molar-refractivity contribution in [3.05, 3.63) is 35.4 Å². The lowest BCUT2D eigenvalue weighted by atomic mass is 10.0. The van der Waals surface area contributed by atoms with Crippen molar-refractivity contribution in [2.24, 2.45) is 5.92 Å². The number of ether oxygens (including phenoxy) is 1. The molecule has 130 valence electrons. The fourth-order valence-electron chi connectivity index (χ4n) is 3.49.